The maximum atomic E-state index is 12.7. The number of pyridine rings is 2. The highest BCUT2D eigenvalue weighted by Gasteiger charge is 2.30. The number of nitrogens with zero attached hydrogens (tertiary/aromatic N) is 2. The van der Waals surface area contributed by atoms with Crippen molar-refractivity contribution < 1.29 is 4.79 Å². The molecule has 3 nitrogen and oxygen atoms in total. The van der Waals surface area contributed by atoms with Crippen molar-refractivity contribution in [2.24, 2.45) is 0 Å². The van der Waals surface area contributed by atoms with E-state index in [0.717, 1.165) is 29.4 Å². The van der Waals surface area contributed by atoms with Crippen molar-refractivity contribution in [3.63, 3.8) is 0 Å². The zero-order chi connectivity index (χ0) is 13.2. The number of aromatic nitrogens is 2. The fraction of sp³-hybridized carbons (Fsp3) is 0.267. The lowest BCUT2D eigenvalue weighted by atomic mass is 9.83. The minimum atomic E-state index is -0.156. The third-order valence-electron chi connectivity index (χ3n) is 3.50. The summed E-state index contributed by atoms with van der Waals surface area (Å²) in [4.78, 5) is 21.3. The molecule has 0 amide bonds. The highest BCUT2D eigenvalue weighted by Crippen LogP contribution is 2.33. The van der Waals surface area contributed by atoms with Crippen LogP contribution >= 0.6 is 15.9 Å². The van der Waals surface area contributed by atoms with Crippen molar-refractivity contribution in [3.05, 3.63) is 58.1 Å². The first-order valence-electron chi connectivity index (χ1n) is 6.36. The molecule has 1 atom stereocenters. The van der Waals surface area contributed by atoms with E-state index in [0.29, 0.717) is 5.69 Å². The molecular weight excluding hydrogens is 304 g/mol. The van der Waals surface area contributed by atoms with Crippen molar-refractivity contribution in [3.8, 4) is 0 Å². The Morgan fingerprint density at radius 3 is 2.84 bits per heavy atom. The second-order valence-corrected chi connectivity index (χ2v) is 5.55. The Hall–Kier alpha value is -1.55. The van der Waals surface area contributed by atoms with Crippen molar-refractivity contribution in [1.82, 2.24) is 9.97 Å². The molecule has 0 N–H and O–H groups in total. The summed E-state index contributed by atoms with van der Waals surface area (Å²) in [6.07, 6.45) is 6.31. The fourth-order valence-electron chi connectivity index (χ4n) is 2.60. The van der Waals surface area contributed by atoms with Crippen molar-refractivity contribution in [1.29, 1.82) is 0 Å². The van der Waals surface area contributed by atoms with Crippen LogP contribution in [-0.4, -0.2) is 15.8 Å². The third kappa shape index (κ3) is 2.32. The van der Waals surface area contributed by atoms with E-state index < -0.39 is 0 Å². The van der Waals surface area contributed by atoms with E-state index in [1.54, 1.807) is 12.4 Å². The molecule has 2 aromatic heterocycles. The number of hydrogen-bond acceptors (Lipinski definition) is 3. The van der Waals surface area contributed by atoms with E-state index in [1.807, 2.05) is 18.2 Å². The summed E-state index contributed by atoms with van der Waals surface area (Å²) in [6.45, 7) is 0. The summed E-state index contributed by atoms with van der Waals surface area (Å²) in [6, 6.07) is 7.66. The van der Waals surface area contributed by atoms with E-state index in [4.69, 9.17) is 0 Å². The summed E-state index contributed by atoms with van der Waals surface area (Å²) in [5, 5.41) is 0. The van der Waals surface area contributed by atoms with Gasteiger partial charge in [-0.25, -0.2) is 0 Å². The average molecular weight is 317 g/mol. The molecule has 0 saturated heterocycles. The van der Waals surface area contributed by atoms with Gasteiger partial charge in [0.05, 0.1) is 11.6 Å². The molecule has 0 bridgehead atoms. The lowest BCUT2D eigenvalue weighted by Gasteiger charge is -2.23. The predicted octanol–water partition coefficient (Wildman–Crippen LogP) is 3.54. The Kier molecular flexibility index (Phi) is 3.42. The number of fused-ring (bicyclic) bond motifs is 1. The molecule has 19 heavy (non-hydrogen) atoms. The first-order valence-corrected chi connectivity index (χ1v) is 7.15. The van der Waals surface area contributed by atoms with E-state index in [9.17, 15) is 4.79 Å². The lowest BCUT2D eigenvalue weighted by Crippen LogP contribution is -2.21. The third-order valence-corrected chi connectivity index (χ3v) is 4.14. The summed E-state index contributed by atoms with van der Waals surface area (Å²) in [7, 11) is 0. The van der Waals surface area contributed by atoms with Crippen LogP contribution in [0.4, 0.5) is 0 Å². The van der Waals surface area contributed by atoms with Crippen LogP contribution in [0.25, 0.3) is 0 Å². The largest absolute Gasteiger partial charge is 0.292 e. The van der Waals surface area contributed by atoms with Gasteiger partial charge in [-0.15, -0.1) is 0 Å². The average Bonchev–Trinajstić information content (AvgIpc) is 2.46. The molecule has 4 heteroatoms. The Bertz CT molecular complexity index is 627. The highest BCUT2D eigenvalue weighted by molar-refractivity contribution is 9.10. The number of hydrogen-bond donors (Lipinski definition) is 0. The molecule has 0 radical (unpaired) electrons. The molecule has 0 saturated carbocycles. The predicted molar refractivity (Wildman–Crippen MR) is 76.2 cm³/mol. The number of rotatable bonds is 2. The summed E-state index contributed by atoms with van der Waals surface area (Å²) in [5.41, 5.74) is 2.63. The molecule has 0 fully saturated rings. The summed E-state index contributed by atoms with van der Waals surface area (Å²) < 4.78 is 0.753. The SMILES string of the molecule is O=C(c1ncccc1Br)C1CCCc2cccnc21. The van der Waals surface area contributed by atoms with Crippen LogP contribution in [0, 0.1) is 0 Å². The minimum absolute atomic E-state index is 0.0622. The molecule has 0 aromatic carbocycles. The van der Waals surface area contributed by atoms with Gasteiger partial charge in [0.1, 0.15) is 5.69 Å². The van der Waals surface area contributed by atoms with Gasteiger partial charge >= 0.3 is 0 Å². The van der Waals surface area contributed by atoms with Crippen LogP contribution in [-0.2, 0) is 6.42 Å². The molecule has 3 rings (SSSR count). The van der Waals surface area contributed by atoms with Gasteiger partial charge in [0, 0.05) is 16.9 Å². The van der Waals surface area contributed by atoms with Crippen molar-refractivity contribution in [2.45, 2.75) is 25.2 Å². The smallest absolute Gasteiger partial charge is 0.191 e. The Balaban J connectivity index is 2.00. The van der Waals surface area contributed by atoms with Crippen molar-refractivity contribution in [2.75, 3.05) is 0 Å². The number of halogens is 1. The van der Waals surface area contributed by atoms with E-state index in [2.05, 4.69) is 32.0 Å². The summed E-state index contributed by atoms with van der Waals surface area (Å²) >= 11 is 3.40. The first-order chi connectivity index (χ1) is 9.27. The molecule has 2 aromatic rings. The first kappa shape index (κ1) is 12.5. The zero-order valence-electron chi connectivity index (χ0n) is 10.3. The van der Waals surface area contributed by atoms with Gasteiger partial charge in [0.15, 0.2) is 5.78 Å². The number of Topliss-reactive ketones (excluding diaryl/α,β-unsaturated/α-hetero) is 1. The molecule has 2 heterocycles. The molecule has 1 aliphatic carbocycles. The van der Waals surface area contributed by atoms with E-state index in [1.165, 1.54) is 5.56 Å². The fourth-order valence-corrected chi connectivity index (χ4v) is 3.05. The lowest BCUT2D eigenvalue weighted by molar-refractivity contribution is 0.0943. The van der Waals surface area contributed by atoms with Gasteiger partial charge in [-0.3, -0.25) is 14.8 Å². The number of carbonyl (C=O) groups excluding carboxylic acids is 1. The second-order valence-electron chi connectivity index (χ2n) is 4.69. The maximum Gasteiger partial charge on any atom is 0.191 e. The minimum Gasteiger partial charge on any atom is -0.292 e. The summed E-state index contributed by atoms with van der Waals surface area (Å²) in [5.74, 6) is -0.0942. The second kappa shape index (κ2) is 5.21. The van der Waals surface area contributed by atoms with E-state index >= 15 is 0 Å². The zero-order valence-corrected chi connectivity index (χ0v) is 11.9. The van der Waals surface area contributed by atoms with Crippen LogP contribution in [0.5, 0.6) is 0 Å². The Morgan fingerprint density at radius 1 is 1.21 bits per heavy atom. The molecule has 1 aliphatic rings. The van der Waals surface area contributed by atoms with Crippen LogP contribution in [0.1, 0.15) is 40.5 Å². The van der Waals surface area contributed by atoms with Crippen LogP contribution in [0.2, 0.25) is 0 Å². The Morgan fingerprint density at radius 2 is 2.00 bits per heavy atom. The number of ketones is 1. The van der Waals surface area contributed by atoms with Crippen LogP contribution < -0.4 is 0 Å². The van der Waals surface area contributed by atoms with Gasteiger partial charge in [-0.05, 0) is 59.0 Å². The van der Waals surface area contributed by atoms with Gasteiger partial charge in [-0.1, -0.05) is 6.07 Å². The molecular formula is C15H13BrN2O. The van der Waals surface area contributed by atoms with Gasteiger partial charge in [-0.2, -0.15) is 0 Å². The number of aryl methyl sites for hydroxylation is 1. The quantitative estimate of drug-likeness (QED) is 0.796. The monoisotopic (exact) mass is 316 g/mol. The van der Waals surface area contributed by atoms with Gasteiger partial charge in [0.2, 0.25) is 0 Å². The standard InChI is InChI=1S/C15H13BrN2O/c16-12-7-3-9-18-14(12)15(19)11-6-1-4-10-5-2-8-17-13(10)11/h2-3,5,7-9,11H,1,4,6H2. The van der Waals surface area contributed by atoms with Crippen LogP contribution in [0.15, 0.2) is 41.1 Å². The van der Waals surface area contributed by atoms with Gasteiger partial charge < -0.3 is 0 Å². The molecule has 0 spiro atoms. The van der Waals surface area contributed by atoms with Crippen LogP contribution in [0.3, 0.4) is 0 Å². The number of carbonyl (C=O) groups is 1. The molecule has 1 unspecified atom stereocenters. The maximum absolute atomic E-state index is 12.7. The molecule has 0 aliphatic heterocycles. The van der Waals surface area contributed by atoms with E-state index in [-0.39, 0.29) is 11.7 Å². The molecule has 96 valence electrons. The Labute approximate surface area is 120 Å². The van der Waals surface area contributed by atoms with Gasteiger partial charge in [0.25, 0.3) is 0 Å². The topological polar surface area (TPSA) is 42.9 Å². The van der Waals surface area contributed by atoms with Crippen molar-refractivity contribution >= 4 is 21.7 Å². The highest BCUT2D eigenvalue weighted by atomic mass is 79.9. The normalized spacial score (nSPS) is 17.8.